The van der Waals surface area contributed by atoms with Crippen LogP contribution in [0.5, 0.6) is 0 Å². The predicted molar refractivity (Wildman–Crippen MR) is 137 cm³/mol. The van der Waals surface area contributed by atoms with Crippen LogP contribution in [0.3, 0.4) is 0 Å². The smallest absolute Gasteiger partial charge is 0.147 e. The number of allylic oxidation sites excluding steroid dienone is 2. The molecule has 8 heteroatoms. The summed E-state index contributed by atoms with van der Waals surface area (Å²) in [5.41, 5.74) is 18.1. The lowest BCUT2D eigenvalue weighted by Crippen LogP contribution is -2.29. The normalized spacial score (nSPS) is 13.4. The van der Waals surface area contributed by atoms with Gasteiger partial charge < -0.3 is 27.1 Å². The number of benzene rings is 2. The minimum atomic E-state index is -0.344. The van der Waals surface area contributed by atoms with Crippen molar-refractivity contribution in [3.63, 3.8) is 0 Å². The molecule has 0 saturated heterocycles. The molecule has 0 saturated carbocycles. The van der Waals surface area contributed by atoms with Crippen molar-refractivity contribution >= 4 is 35.3 Å². The maximum atomic E-state index is 14.9. The summed E-state index contributed by atoms with van der Waals surface area (Å²) in [6.45, 7) is 6.65. The van der Waals surface area contributed by atoms with Gasteiger partial charge in [0.15, 0.2) is 0 Å². The minimum Gasteiger partial charge on any atom is -0.402 e. The third-order valence-electron chi connectivity index (χ3n) is 5.66. The summed E-state index contributed by atoms with van der Waals surface area (Å²) in [5, 5.41) is 10.5. The number of fused-ring (bicyclic) bond motifs is 1. The van der Waals surface area contributed by atoms with E-state index in [0.29, 0.717) is 40.8 Å². The van der Waals surface area contributed by atoms with Crippen LogP contribution < -0.4 is 21.7 Å². The molecule has 0 aliphatic carbocycles. The van der Waals surface area contributed by atoms with E-state index in [9.17, 15) is 4.39 Å². The number of nitrogens with zero attached hydrogens (tertiary/aromatic N) is 3. The Balaban J connectivity index is 1.73. The summed E-state index contributed by atoms with van der Waals surface area (Å²) in [6, 6.07) is 12.6. The SMILES string of the molecule is C=C1c2c(C)cccc2C=C(CNc2ncnc(N)c2C/C(N)=C/C=N)N1c1ccccc1F. The fraction of sp³-hybridized carbons (Fsp3) is 0.115. The molecule has 0 fully saturated rings. The van der Waals surface area contributed by atoms with Crippen molar-refractivity contribution in [2.24, 2.45) is 5.73 Å². The Bertz CT molecular complexity index is 1330. The number of hydrogen-bond donors (Lipinski definition) is 4. The molecular formula is C26H26FN7. The molecule has 1 aliphatic rings. The van der Waals surface area contributed by atoms with Gasteiger partial charge in [0.1, 0.15) is 23.8 Å². The van der Waals surface area contributed by atoms with Crippen LogP contribution in [0.2, 0.25) is 0 Å². The van der Waals surface area contributed by atoms with Crippen LogP contribution in [0.15, 0.2) is 72.8 Å². The van der Waals surface area contributed by atoms with Crippen molar-refractivity contribution < 1.29 is 4.39 Å². The fourth-order valence-corrected chi connectivity index (χ4v) is 4.09. The average Bonchev–Trinajstić information content (AvgIpc) is 2.80. The van der Waals surface area contributed by atoms with Gasteiger partial charge in [-0.15, -0.1) is 0 Å². The number of aromatic nitrogens is 2. The zero-order valence-electron chi connectivity index (χ0n) is 18.8. The summed E-state index contributed by atoms with van der Waals surface area (Å²) in [4.78, 5) is 10.2. The molecule has 6 N–H and O–H groups in total. The highest BCUT2D eigenvalue weighted by Crippen LogP contribution is 2.39. The summed E-state index contributed by atoms with van der Waals surface area (Å²) in [5.74, 6) is 0.472. The molecule has 0 bridgehead atoms. The van der Waals surface area contributed by atoms with Gasteiger partial charge in [0.2, 0.25) is 0 Å². The molecule has 2 aromatic carbocycles. The van der Waals surface area contributed by atoms with Gasteiger partial charge in [-0.3, -0.25) is 0 Å². The van der Waals surface area contributed by atoms with Crippen LogP contribution in [0.25, 0.3) is 11.8 Å². The second-order valence-corrected chi connectivity index (χ2v) is 7.93. The number of anilines is 3. The van der Waals surface area contributed by atoms with E-state index in [-0.39, 0.29) is 12.2 Å². The largest absolute Gasteiger partial charge is 0.402 e. The highest BCUT2D eigenvalue weighted by Gasteiger charge is 2.26. The van der Waals surface area contributed by atoms with E-state index in [0.717, 1.165) is 28.6 Å². The van der Waals surface area contributed by atoms with Crippen molar-refractivity contribution in [2.75, 3.05) is 22.5 Å². The molecule has 172 valence electrons. The maximum absolute atomic E-state index is 14.9. The fourth-order valence-electron chi connectivity index (χ4n) is 4.09. The van der Waals surface area contributed by atoms with E-state index in [4.69, 9.17) is 16.9 Å². The molecule has 3 aromatic rings. The minimum absolute atomic E-state index is 0.287. The number of para-hydroxylation sites is 1. The second-order valence-electron chi connectivity index (χ2n) is 7.93. The van der Waals surface area contributed by atoms with Crippen LogP contribution in [-0.2, 0) is 6.42 Å². The van der Waals surface area contributed by atoms with Gasteiger partial charge in [0.05, 0.1) is 12.2 Å². The predicted octanol–water partition coefficient (Wildman–Crippen LogP) is 4.48. The number of hydrogen-bond acceptors (Lipinski definition) is 7. The molecule has 0 atom stereocenters. The summed E-state index contributed by atoms with van der Waals surface area (Å²) < 4.78 is 14.9. The quantitative estimate of drug-likeness (QED) is 0.390. The molecule has 7 nitrogen and oxygen atoms in total. The van der Waals surface area contributed by atoms with Gasteiger partial charge in [0.25, 0.3) is 0 Å². The van der Waals surface area contributed by atoms with Crippen molar-refractivity contribution in [2.45, 2.75) is 13.3 Å². The van der Waals surface area contributed by atoms with Crippen LogP contribution in [0, 0.1) is 18.2 Å². The summed E-state index contributed by atoms with van der Waals surface area (Å²) >= 11 is 0. The van der Waals surface area contributed by atoms with E-state index in [1.54, 1.807) is 18.2 Å². The topological polar surface area (TPSA) is 117 Å². The molecule has 2 heterocycles. The van der Waals surface area contributed by atoms with Crippen molar-refractivity contribution in [3.05, 3.63) is 101 Å². The monoisotopic (exact) mass is 455 g/mol. The van der Waals surface area contributed by atoms with E-state index < -0.39 is 0 Å². The van der Waals surface area contributed by atoms with E-state index >= 15 is 0 Å². The highest BCUT2D eigenvalue weighted by molar-refractivity contribution is 5.92. The third-order valence-corrected chi connectivity index (χ3v) is 5.66. The Morgan fingerprint density at radius 3 is 2.76 bits per heavy atom. The molecule has 1 aromatic heterocycles. The number of nitrogens with one attached hydrogen (secondary N) is 2. The Hall–Kier alpha value is -4.46. The number of nitrogen functional groups attached to an aromatic ring is 1. The molecular weight excluding hydrogens is 429 g/mol. The first-order valence-corrected chi connectivity index (χ1v) is 10.7. The van der Waals surface area contributed by atoms with Gasteiger partial charge in [-0.1, -0.05) is 36.9 Å². The van der Waals surface area contributed by atoms with Crippen molar-refractivity contribution in [1.29, 1.82) is 5.41 Å². The first-order chi connectivity index (χ1) is 16.4. The lowest BCUT2D eigenvalue weighted by atomic mass is 9.93. The zero-order valence-corrected chi connectivity index (χ0v) is 18.8. The van der Waals surface area contributed by atoms with Crippen LogP contribution in [0.4, 0.5) is 21.7 Å². The Morgan fingerprint density at radius 1 is 1.21 bits per heavy atom. The lowest BCUT2D eigenvalue weighted by Gasteiger charge is -2.35. The third kappa shape index (κ3) is 4.38. The zero-order chi connectivity index (χ0) is 24.2. The van der Waals surface area contributed by atoms with Crippen molar-refractivity contribution in [3.8, 4) is 0 Å². The summed E-state index contributed by atoms with van der Waals surface area (Å²) in [6.07, 6.45) is 6.29. The van der Waals surface area contributed by atoms with Gasteiger partial charge in [0, 0.05) is 40.9 Å². The van der Waals surface area contributed by atoms with Crippen LogP contribution in [0.1, 0.15) is 22.3 Å². The molecule has 1 aliphatic heterocycles. The lowest BCUT2D eigenvalue weighted by molar-refractivity contribution is 0.627. The summed E-state index contributed by atoms with van der Waals surface area (Å²) in [7, 11) is 0. The van der Waals surface area contributed by atoms with E-state index in [2.05, 4.69) is 21.9 Å². The van der Waals surface area contributed by atoms with Gasteiger partial charge in [-0.05, 0) is 42.3 Å². The van der Waals surface area contributed by atoms with Crippen LogP contribution >= 0.6 is 0 Å². The number of nitrogens with two attached hydrogens (primary N) is 2. The van der Waals surface area contributed by atoms with Gasteiger partial charge in [-0.2, -0.15) is 0 Å². The molecule has 0 amide bonds. The van der Waals surface area contributed by atoms with E-state index in [1.807, 2.05) is 36.1 Å². The number of aryl methyl sites for hydroxylation is 1. The standard InChI is InChI=1S/C26H26FN7/c1-16-6-5-7-18-12-20(34(17(2)24(16)18)23-9-4-3-8-22(23)27)14-31-26-21(13-19(29)10-11-28)25(30)32-15-33-26/h3-12,15,28H,2,13-14,29H2,1H3,(H3,30,31,32,33)/b19-10-,28-11?. The highest BCUT2D eigenvalue weighted by atomic mass is 19.1. The second kappa shape index (κ2) is 9.58. The molecule has 0 radical (unpaired) electrons. The number of rotatable bonds is 7. The maximum Gasteiger partial charge on any atom is 0.147 e. The Labute approximate surface area is 197 Å². The van der Waals surface area contributed by atoms with Crippen molar-refractivity contribution in [1.82, 2.24) is 9.97 Å². The molecule has 4 rings (SSSR count). The van der Waals surface area contributed by atoms with Gasteiger partial charge >= 0.3 is 0 Å². The molecule has 0 spiro atoms. The first kappa shape index (κ1) is 22.7. The van der Waals surface area contributed by atoms with E-state index in [1.165, 1.54) is 18.5 Å². The Morgan fingerprint density at radius 2 is 2.00 bits per heavy atom. The Kier molecular flexibility index (Phi) is 6.40. The number of halogens is 1. The van der Waals surface area contributed by atoms with Crippen LogP contribution in [-0.4, -0.2) is 22.7 Å². The van der Waals surface area contributed by atoms with Gasteiger partial charge in [-0.25, -0.2) is 14.4 Å². The molecule has 0 unspecified atom stereocenters. The first-order valence-electron chi connectivity index (χ1n) is 10.7. The average molecular weight is 456 g/mol. The molecule has 34 heavy (non-hydrogen) atoms.